The Labute approximate surface area is 115 Å². The standard InChI is InChI=1S/C13H23NO4S/c1-3-4-5-11(13(15)18-2)14-8-10-6-7-19(16,17)12(10)9-14/h10-12H,3-9H2,1-2H3/t10-,11?,12+/m0/s1. The molecule has 2 rings (SSSR count). The van der Waals surface area contributed by atoms with Gasteiger partial charge >= 0.3 is 5.97 Å². The molecule has 0 saturated carbocycles. The molecule has 19 heavy (non-hydrogen) atoms. The third-order valence-corrected chi connectivity index (χ3v) is 6.65. The lowest BCUT2D eigenvalue weighted by molar-refractivity contribution is -0.147. The summed E-state index contributed by atoms with van der Waals surface area (Å²) in [6.07, 6.45) is 3.47. The summed E-state index contributed by atoms with van der Waals surface area (Å²) in [6.45, 7) is 3.29. The number of hydrogen-bond acceptors (Lipinski definition) is 5. The highest BCUT2D eigenvalue weighted by Crippen LogP contribution is 2.35. The van der Waals surface area contributed by atoms with Crippen molar-refractivity contribution in [3.8, 4) is 0 Å². The number of rotatable bonds is 5. The number of sulfone groups is 1. The largest absolute Gasteiger partial charge is 0.468 e. The summed E-state index contributed by atoms with van der Waals surface area (Å²) in [5.74, 6) is 0.290. The minimum absolute atomic E-state index is 0.207. The van der Waals surface area contributed by atoms with E-state index in [2.05, 4.69) is 6.92 Å². The second-order valence-corrected chi connectivity index (χ2v) is 7.93. The van der Waals surface area contributed by atoms with Crippen molar-refractivity contribution in [1.82, 2.24) is 4.90 Å². The van der Waals surface area contributed by atoms with Crippen LogP contribution in [-0.4, -0.2) is 56.5 Å². The van der Waals surface area contributed by atoms with Gasteiger partial charge in [0.2, 0.25) is 0 Å². The van der Waals surface area contributed by atoms with Gasteiger partial charge in [0, 0.05) is 13.1 Å². The van der Waals surface area contributed by atoms with E-state index in [1.54, 1.807) is 0 Å². The zero-order chi connectivity index (χ0) is 14.0. The van der Waals surface area contributed by atoms with Crippen LogP contribution in [-0.2, 0) is 19.4 Å². The third-order valence-electron chi connectivity index (χ3n) is 4.39. The van der Waals surface area contributed by atoms with Crippen molar-refractivity contribution in [2.45, 2.75) is 43.9 Å². The summed E-state index contributed by atoms with van der Waals surface area (Å²) in [5.41, 5.74) is 0. The zero-order valence-corrected chi connectivity index (χ0v) is 12.5. The number of ether oxygens (including phenoxy) is 1. The monoisotopic (exact) mass is 289 g/mol. The van der Waals surface area contributed by atoms with Crippen LogP contribution in [0, 0.1) is 5.92 Å². The molecule has 0 spiro atoms. The van der Waals surface area contributed by atoms with Gasteiger partial charge in [-0.25, -0.2) is 8.42 Å². The molecule has 1 unspecified atom stereocenters. The number of carbonyl (C=O) groups is 1. The van der Waals surface area contributed by atoms with Crippen molar-refractivity contribution in [1.29, 1.82) is 0 Å². The normalized spacial score (nSPS) is 31.1. The van der Waals surface area contributed by atoms with Gasteiger partial charge in [0.1, 0.15) is 6.04 Å². The number of carbonyl (C=O) groups excluding carboxylic acids is 1. The molecule has 2 heterocycles. The molecular formula is C13H23NO4S. The van der Waals surface area contributed by atoms with Crippen LogP contribution in [0.15, 0.2) is 0 Å². The number of nitrogens with zero attached hydrogens (tertiary/aromatic N) is 1. The quantitative estimate of drug-likeness (QED) is 0.702. The maximum Gasteiger partial charge on any atom is 0.323 e. The predicted molar refractivity (Wildman–Crippen MR) is 72.6 cm³/mol. The van der Waals surface area contributed by atoms with E-state index in [0.29, 0.717) is 18.8 Å². The highest BCUT2D eigenvalue weighted by molar-refractivity contribution is 7.92. The van der Waals surface area contributed by atoms with E-state index in [-0.39, 0.29) is 23.2 Å². The Balaban J connectivity index is 2.06. The van der Waals surface area contributed by atoms with Crippen molar-refractivity contribution in [2.75, 3.05) is 26.0 Å². The van der Waals surface area contributed by atoms with Crippen molar-refractivity contribution < 1.29 is 17.9 Å². The van der Waals surface area contributed by atoms with E-state index in [0.717, 1.165) is 25.7 Å². The highest BCUT2D eigenvalue weighted by atomic mass is 32.2. The van der Waals surface area contributed by atoms with Gasteiger partial charge in [0.15, 0.2) is 9.84 Å². The van der Waals surface area contributed by atoms with Crippen molar-refractivity contribution >= 4 is 15.8 Å². The first-order valence-electron chi connectivity index (χ1n) is 7.03. The Morgan fingerprint density at radius 1 is 1.42 bits per heavy atom. The molecule has 2 fully saturated rings. The van der Waals surface area contributed by atoms with Crippen LogP contribution >= 0.6 is 0 Å². The van der Waals surface area contributed by atoms with Crippen molar-refractivity contribution in [2.24, 2.45) is 5.92 Å². The molecule has 0 aromatic heterocycles. The van der Waals surface area contributed by atoms with E-state index in [1.165, 1.54) is 7.11 Å². The Kier molecular flexibility index (Phi) is 4.50. The first kappa shape index (κ1) is 14.8. The lowest BCUT2D eigenvalue weighted by Crippen LogP contribution is -2.42. The van der Waals surface area contributed by atoms with Gasteiger partial charge < -0.3 is 4.74 Å². The number of methoxy groups -OCH3 is 1. The topological polar surface area (TPSA) is 63.7 Å². The molecular weight excluding hydrogens is 266 g/mol. The molecule has 0 aromatic carbocycles. The minimum Gasteiger partial charge on any atom is -0.468 e. The Morgan fingerprint density at radius 2 is 2.16 bits per heavy atom. The van der Waals surface area contributed by atoms with Crippen LogP contribution in [0.3, 0.4) is 0 Å². The molecule has 0 aliphatic carbocycles. The van der Waals surface area contributed by atoms with E-state index in [4.69, 9.17) is 4.74 Å². The van der Waals surface area contributed by atoms with Crippen molar-refractivity contribution in [3.63, 3.8) is 0 Å². The van der Waals surface area contributed by atoms with E-state index in [1.807, 2.05) is 4.90 Å². The van der Waals surface area contributed by atoms with E-state index in [9.17, 15) is 13.2 Å². The summed E-state index contributed by atoms with van der Waals surface area (Å²) in [6, 6.07) is -0.272. The van der Waals surface area contributed by atoms with Crippen LogP contribution in [0.25, 0.3) is 0 Å². The zero-order valence-electron chi connectivity index (χ0n) is 11.7. The molecule has 110 valence electrons. The Morgan fingerprint density at radius 3 is 2.74 bits per heavy atom. The molecule has 0 N–H and O–H groups in total. The molecule has 2 aliphatic rings. The average molecular weight is 289 g/mol. The van der Waals surface area contributed by atoms with Crippen LogP contribution < -0.4 is 0 Å². The first-order valence-corrected chi connectivity index (χ1v) is 8.74. The smallest absolute Gasteiger partial charge is 0.323 e. The lowest BCUT2D eigenvalue weighted by atomic mass is 10.1. The van der Waals surface area contributed by atoms with Gasteiger partial charge in [-0.1, -0.05) is 19.8 Å². The van der Waals surface area contributed by atoms with Crippen LogP contribution in [0.5, 0.6) is 0 Å². The fourth-order valence-corrected chi connectivity index (χ4v) is 5.42. The van der Waals surface area contributed by atoms with Gasteiger partial charge in [-0.2, -0.15) is 0 Å². The van der Waals surface area contributed by atoms with Gasteiger partial charge in [0.05, 0.1) is 18.1 Å². The van der Waals surface area contributed by atoms with Gasteiger partial charge in [-0.3, -0.25) is 9.69 Å². The molecule has 0 radical (unpaired) electrons. The minimum atomic E-state index is -2.94. The Bertz CT molecular complexity index is 434. The van der Waals surface area contributed by atoms with Gasteiger partial charge in [-0.05, 0) is 18.8 Å². The summed E-state index contributed by atoms with van der Waals surface area (Å²) in [7, 11) is -1.54. The molecule has 0 aromatic rings. The fraction of sp³-hybridized carbons (Fsp3) is 0.923. The number of esters is 1. The van der Waals surface area contributed by atoms with E-state index >= 15 is 0 Å². The summed E-state index contributed by atoms with van der Waals surface area (Å²) in [5, 5.41) is -0.263. The summed E-state index contributed by atoms with van der Waals surface area (Å²) >= 11 is 0. The first-order chi connectivity index (χ1) is 8.99. The second-order valence-electron chi connectivity index (χ2n) is 5.59. The molecule has 3 atom stereocenters. The van der Waals surface area contributed by atoms with Crippen molar-refractivity contribution in [3.05, 3.63) is 0 Å². The number of hydrogen-bond donors (Lipinski definition) is 0. The molecule has 5 nitrogen and oxygen atoms in total. The fourth-order valence-electron chi connectivity index (χ4n) is 3.26. The highest BCUT2D eigenvalue weighted by Gasteiger charge is 2.48. The van der Waals surface area contributed by atoms with E-state index < -0.39 is 9.84 Å². The molecule has 6 heteroatoms. The predicted octanol–water partition coefficient (Wildman–Crippen LogP) is 0.837. The second kappa shape index (κ2) is 5.79. The SMILES string of the molecule is CCCCC(C(=O)OC)N1C[C@@H]2CCS(=O)(=O)[C@@H]2C1. The van der Waals surface area contributed by atoms with Gasteiger partial charge in [-0.15, -0.1) is 0 Å². The molecule has 0 bridgehead atoms. The maximum absolute atomic E-state index is 11.9. The maximum atomic E-state index is 11.9. The van der Waals surface area contributed by atoms with Crippen LogP contribution in [0.4, 0.5) is 0 Å². The number of fused-ring (bicyclic) bond motifs is 1. The Hall–Kier alpha value is -0.620. The molecule has 0 amide bonds. The number of likely N-dealkylation sites (tertiary alicyclic amines) is 1. The summed E-state index contributed by atoms with van der Waals surface area (Å²) in [4.78, 5) is 13.9. The molecule has 2 aliphatic heterocycles. The average Bonchev–Trinajstić information content (AvgIpc) is 2.91. The summed E-state index contributed by atoms with van der Waals surface area (Å²) < 4.78 is 28.7. The number of unbranched alkanes of at least 4 members (excludes halogenated alkanes) is 1. The third kappa shape index (κ3) is 2.94. The van der Waals surface area contributed by atoms with Crippen LogP contribution in [0.2, 0.25) is 0 Å². The van der Waals surface area contributed by atoms with Gasteiger partial charge in [0.25, 0.3) is 0 Å². The molecule has 2 saturated heterocycles. The lowest BCUT2D eigenvalue weighted by Gasteiger charge is -2.26. The van der Waals surface area contributed by atoms with Crippen LogP contribution in [0.1, 0.15) is 32.6 Å².